The van der Waals surface area contributed by atoms with Gasteiger partial charge in [0.05, 0.1) is 6.04 Å². The lowest BCUT2D eigenvalue weighted by atomic mass is 9.89. The van der Waals surface area contributed by atoms with Crippen LogP contribution in [-0.2, 0) is 0 Å². The van der Waals surface area contributed by atoms with Crippen LogP contribution in [0.5, 0.6) is 5.75 Å². The molecule has 0 bridgehead atoms. The number of rotatable bonds is 3. The van der Waals surface area contributed by atoms with E-state index in [1.807, 2.05) is 31.2 Å². The summed E-state index contributed by atoms with van der Waals surface area (Å²) in [5.74, 6) is 2.38. The standard InChI is InChI=1S/C28H21BrN2O2/c1-18-17-25(30-33-18)31-27(20-8-3-2-4-9-20)26-23-10-6-5-7-19(23)13-16-24(26)32-28(31)21-11-14-22(29)15-12-21/h2-17,27-28H,1H3. The van der Waals surface area contributed by atoms with E-state index < -0.39 is 0 Å². The Kier molecular flexibility index (Phi) is 4.92. The first-order valence-corrected chi connectivity index (χ1v) is 11.7. The van der Waals surface area contributed by atoms with Crippen molar-refractivity contribution >= 4 is 32.5 Å². The smallest absolute Gasteiger partial charge is 0.200 e. The normalized spacial score (nSPS) is 17.6. The lowest BCUT2D eigenvalue weighted by Gasteiger charge is -2.44. The van der Waals surface area contributed by atoms with Crippen LogP contribution in [0.3, 0.4) is 0 Å². The lowest BCUT2D eigenvalue weighted by molar-refractivity contribution is 0.168. The van der Waals surface area contributed by atoms with E-state index in [1.165, 1.54) is 16.3 Å². The Labute approximate surface area is 200 Å². The van der Waals surface area contributed by atoms with Crippen LogP contribution in [0.25, 0.3) is 10.8 Å². The van der Waals surface area contributed by atoms with Crippen molar-refractivity contribution in [2.75, 3.05) is 4.90 Å². The molecule has 2 heterocycles. The third-order valence-corrected chi connectivity index (χ3v) is 6.65. The molecule has 0 radical (unpaired) electrons. The molecule has 0 saturated heterocycles. The zero-order valence-corrected chi connectivity index (χ0v) is 19.6. The summed E-state index contributed by atoms with van der Waals surface area (Å²) >= 11 is 3.55. The summed E-state index contributed by atoms with van der Waals surface area (Å²) in [4.78, 5) is 2.23. The van der Waals surface area contributed by atoms with Crippen LogP contribution in [0.2, 0.25) is 0 Å². The van der Waals surface area contributed by atoms with Gasteiger partial charge in [0.25, 0.3) is 0 Å². The van der Waals surface area contributed by atoms with E-state index in [0.717, 1.165) is 32.9 Å². The van der Waals surface area contributed by atoms with Gasteiger partial charge in [0.15, 0.2) is 5.82 Å². The molecule has 5 heteroatoms. The van der Waals surface area contributed by atoms with E-state index in [4.69, 9.17) is 9.26 Å². The summed E-state index contributed by atoms with van der Waals surface area (Å²) in [5, 5.41) is 6.77. The molecule has 0 fully saturated rings. The van der Waals surface area contributed by atoms with E-state index in [2.05, 4.69) is 98.8 Å². The number of benzene rings is 4. The quantitative estimate of drug-likeness (QED) is 0.258. The van der Waals surface area contributed by atoms with Gasteiger partial charge >= 0.3 is 0 Å². The summed E-state index contributed by atoms with van der Waals surface area (Å²) in [7, 11) is 0. The first kappa shape index (κ1) is 20.1. The minimum Gasteiger partial charge on any atom is -0.466 e. The summed E-state index contributed by atoms with van der Waals surface area (Å²) in [6.07, 6.45) is -0.374. The lowest BCUT2D eigenvalue weighted by Crippen LogP contribution is -2.40. The molecule has 33 heavy (non-hydrogen) atoms. The van der Waals surface area contributed by atoms with Gasteiger partial charge in [-0.25, -0.2) is 0 Å². The second-order valence-electron chi connectivity index (χ2n) is 8.24. The molecule has 5 aromatic rings. The third kappa shape index (κ3) is 3.49. The number of halogens is 1. The Morgan fingerprint density at radius 2 is 1.58 bits per heavy atom. The average molecular weight is 497 g/mol. The molecule has 2 atom stereocenters. The molecule has 0 aliphatic carbocycles. The Morgan fingerprint density at radius 3 is 2.33 bits per heavy atom. The van der Waals surface area contributed by atoms with Crippen LogP contribution in [0, 0.1) is 6.92 Å². The molecule has 6 rings (SSSR count). The molecule has 4 aromatic carbocycles. The predicted molar refractivity (Wildman–Crippen MR) is 133 cm³/mol. The zero-order chi connectivity index (χ0) is 22.4. The van der Waals surface area contributed by atoms with Gasteiger partial charge in [-0.15, -0.1) is 0 Å². The van der Waals surface area contributed by atoms with Crippen LogP contribution < -0.4 is 9.64 Å². The van der Waals surface area contributed by atoms with Gasteiger partial charge in [-0.2, -0.15) is 0 Å². The van der Waals surface area contributed by atoms with Crippen molar-refractivity contribution in [3.05, 3.63) is 124 Å². The van der Waals surface area contributed by atoms with Crippen molar-refractivity contribution in [2.24, 2.45) is 0 Å². The molecule has 1 aliphatic rings. The summed E-state index contributed by atoms with van der Waals surface area (Å²) < 4.78 is 13.3. The van der Waals surface area contributed by atoms with Crippen LogP contribution in [0.15, 0.2) is 106 Å². The van der Waals surface area contributed by atoms with Crippen molar-refractivity contribution in [1.29, 1.82) is 0 Å². The first-order valence-electron chi connectivity index (χ1n) is 10.9. The zero-order valence-electron chi connectivity index (χ0n) is 18.0. The van der Waals surface area contributed by atoms with E-state index in [1.54, 1.807) is 0 Å². The maximum atomic E-state index is 6.72. The number of aromatic nitrogens is 1. The molecule has 162 valence electrons. The molecule has 2 unspecified atom stereocenters. The van der Waals surface area contributed by atoms with Crippen LogP contribution in [0.1, 0.15) is 34.7 Å². The van der Waals surface area contributed by atoms with E-state index in [9.17, 15) is 0 Å². The van der Waals surface area contributed by atoms with Gasteiger partial charge in [0.1, 0.15) is 11.5 Å². The topological polar surface area (TPSA) is 38.5 Å². The van der Waals surface area contributed by atoms with Crippen molar-refractivity contribution in [2.45, 2.75) is 19.2 Å². The largest absolute Gasteiger partial charge is 0.466 e. The van der Waals surface area contributed by atoms with Crippen molar-refractivity contribution in [3.8, 4) is 5.75 Å². The van der Waals surface area contributed by atoms with Crippen molar-refractivity contribution in [1.82, 2.24) is 5.16 Å². The molecule has 0 spiro atoms. The monoisotopic (exact) mass is 496 g/mol. The highest BCUT2D eigenvalue weighted by Gasteiger charge is 2.40. The second-order valence-corrected chi connectivity index (χ2v) is 9.15. The number of anilines is 1. The molecule has 0 saturated carbocycles. The van der Waals surface area contributed by atoms with Crippen molar-refractivity contribution in [3.63, 3.8) is 0 Å². The first-order chi connectivity index (χ1) is 16.2. The Balaban J connectivity index is 1.66. The number of fused-ring (bicyclic) bond motifs is 3. The fourth-order valence-corrected chi connectivity index (χ4v) is 4.92. The predicted octanol–water partition coefficient (Wildman–Crippen LogP) is 7.59. The Hall–Kier alpha value is -3.57. The van der Waals surface area contributed by atoms with Gasteiger partial charge < -0.3 is 14.2 Å². The molecular formula is C28H21BrN2O2. The van der Waals surface area contributed by atoms with E-state index in [-0.39, 0.29) is 12.3 Å². The van der Waals surface area contributed by atoms with Crippen LogP contribution in [-0.4, -0.2) is 5.16 Å². The van der Waals surface area contributed by atoms with E-state index >= 15 is 0 Å². The highest BCUT2D eigenvalue weighted by atomic mass is 79.9. The number of aryl methyl sites for hydroxylation is 1. The molecule has 0 N–H and O–H groups in total. The maximum Gasteiger partial charge on any atom is 0.200 e. The van der Waals surface area contributed by atoms with Gasteiger partial charge in [0, 0.05) is 21.7 Å². The second kappa shape index (κ2) is 8.09. The molecule has 1 aromatic heterocycles. The molecule has 4 nitrogen and oxygen atoms in total. The van der Waals surface area contributed by atoms with Gasteiger partial charge in [0.2, 0.25) is 6.23 Å². The number of hydrogen-bond donors (Lipinski definition) is 0. The fourth-order valence-electron chi connectivity index (χ4n) is 4.66. The van der Waals surface area contributed by atoms with E-state index in [0.29, 0.717) is 0 Å². The summed E-state index contributed by atoms with van der Waals surface area (Å²) in [6.45, 7) is 1.91. The fraction of sp³-hybridized carbons (Fsp3) is 0.107. The van der Waals surface area contributed by atoms with Gasteiger partial charge in [-0.1, -0.05) is 93.9 Å². The molecular weight excluding hydrogens is 476 g/mol. The minimum atomic E-state index is -0.374. The minimum absolute atomic E-state index is 0.112. The SMILES string of the molecule is Cc1cc(N2C(c3ccc(Br)cc3)Oc3ccc4ccccc4c3C2c2ccccc2)no1. The average Bonchev–Trinajstić information content (AvgIpc) is 3.29. The number of nitrogens with zero attached hydrogens (tertiary/aromatic N) is 2. The summed E-state index contributed by atoms with van der Waals surface area (Å²) in [6, 6.07) is 33.3. The van der Waals surface area contributed by atoms with Gasteiger partial charge in [-0.05, 0) is 41.5 Å². The van der Waals surface area contributed by atoms with Gasteiger partial charge in [-0.3, -0.25) is 0 Å². The third-order valence-electron chi connectivity index (χ3n) is 6.12. The maximum absolute atomic E-state index is 6.72. The number of hydrogen-bond acceptors (Lipinski definition) is 4. The highest BCUT2D eigenvalue weighted by Crippen LogP contribution is 2.49. The van der Waals surface area contributed by atoms with Crippen molar-refractivity contribution < 1.29 is 9.26 Å². The molecule has 0 amide bonds. The Morgan fingerprint density at radius 1 is 0.818 bits per heavy atom. The Bertz CT molecular complexity index is 1430. The summed E-state index contributed by atoms with van der Waals surface area (Å²) in [5.41, 5.74) is 3.34. The number of ether oxygens (including phenoxy) is 1. The molecule has 1 aliphatic heterocycles. The van der Waals surface area contributed by atoms with Crippen LogP contribution >= 0.6 is 15.9 Å². The van der Waals surface area contributed by atoms with Crippen LogP contribution in [0.4, 0.5) is 5.82 Å². The highest BCUT2D eigenvalue weighted by molar-refractivity contribution is 9.10.